The van der Waals surface area contributed by atoms with Crippen LogP contribution in [0.15, 0.2) is 22.1 Å². The van der Waals surface area contributed by atoms with Gasteiger partial charge in [-0.25, -0.2) is 0 Å². The SMILES string of the molecule is CCCNc1nc(NCc2ccc(Br)s2)c2cn[nH]c2n1. The maximum absolute atomic E-state index is 4.53. The highest BCUT2D eigenvalue weighted by atomic mass is 79.9. The van der Waals surface area contributed by atoms with Gasteiger partial charge in [0.05, 0.1) is 21.9 Å². The van der Waals surface area contributed by atoms with Crippen LogP contribution in [0.25, 0.3) is 11.0 Å². The topological polar surface area (TPSA) is 78.5 Å². The first-order valence-corrected chi connectivity index (χ1v) is 8.30. The predicted molar refractivity (Wildman–Crippen MR) is 89.8 cm³/mol. The maximum atomic E-state index is 4.53. The quantitative estimate of drug-likeness (QED) is 0.620. The van der Waals surface area contributed by atoms with Gasteiger partial charge in [-0.2, -0.15) is 15.1 Å². The number of H-pyrrole nitrogens is 1. The molecule has 0 unspecified atom stereocenters. The molecule has 8 heteroatoms. The second-order valence-corrected chi connectivity index (χ2v) is 7.06. The zero-order chi connectivity index (χ0) is 14.7. The molecule has 0 aromatic carbocycles. The predicted octanol–water partition coefficient (Wildman–Crippen LogP) is 3.61. The molecule has 3 heterocycles. The van der Waals surface area contributed by atoms with E-state index in [1.165, 1.54) is 4.88 Å². The minimum absolute atomic E-state index is 0.614. The molecular formula is C13H15BrN6S. The van der Waals surface area contributed by atoms with Crippen molar-refractivity contribution in [1.82, 2.24) is 20.2 Å². The zero-order valence-corrected chi connectivity index (χ0v) is 13.9. The third kappa shape index (κ3) is 3.33. The van der Waals surface area contributed by atoms with Crippen molar-refractivity contribution in [2.45, 2.75) is 19.9 Å². The number of hydrogen-bond acceptors (Lipinski definition) is 6. The van der Waals surface area contributed by atoms with Crippen molar-refractivity contribution in [3.8, 4) is 0 Å². The number of nitrogens with one attached hydrogen (secondary N) is 3. The molecule has 110 valence electrons. The van der Waals surface area contributed by atoms with E-state index in [1.807, 2.05) is 6.07 Å². The van der Waals surface area contributed by atoms with E-state index in [4.69, 9.17) is 0 Å². The molecule has 0 aliphatic heterocycles. The van der Waals surface area contributed by atoms with Crippen LogP contribution in [-0.4, -0.2) is 26.7 Å². The van der Waals surface area contributed by atoms with E-state index in [2.05, 4.69) is 59.7 Å². The summed E-state index contributed by atoms with van der Waals surface area (Å²) >= 11 is 5.18. The van der Waals surface area contributed by atoms with Crippen molar-refractivity contribution in [3.05, 3.63) is 27.0 Å². The Morgan fingerprint density at radius 1 is 1.29 bits per heavy atom. The Bertz CT molecular complexity index is 737. The lowest BCUT2D eigenvalue weighted by molar-refractivity contribution is 0.953. The summed E-state index contributed by atoms with van der Waals surface area (Å²) in [6.07, 6.45) is 2.77. The van der Waals surface area contributed by atoms with Crippen LogP contribution >= 0.6 is 27.3 Å². The van der Waals surface area contributed by atoms with E-state index in [-0.39, 0.29) is 0 Å². The number of aromatic nitrogens is 4. The van der Waals surface area contributed by atoms with Gasteiger partial charge in [0, 0.05) is 11.4 Å². The third-order valence-corrected chi connectivity index (χ3v) is 4.53. The monoisotopic (exact) mass is 366 g/mol. The van der Waals surface area contributed by atoms with Crippen molar-refractivity contribution in [1.29, 1.82) is 0 Å². The van der Waals surface area contributed by atoms with Crippen LogP contribution in [0.3, 0.4) is 0 Å². The van der Waals surface area contributed by atoms with E-state index in [1.54, 1.807) is 17.5 Å². The molecule has 0 bridgehead atoms. The van der Waals surface area contributed by atoms with Gasteiger partial charge >= 0.3 is 0 Å². The number of halogens is 1. The van der Waals surface area contributed by atoms with Crippen LogP contribution in [0, 0.1) is 0 Å². The van der Waals surface area contributed by atoms with Crippen molar-refractivity contribution in [2.24, 2.45) is 0 Å². The Morgan fingerprint density at radius 3 is 2.95 bits per heavy atom. The van der Waals surface area contributed by atoms with E-state index in [0.717, 1.165) is 40.1 Å². The van der Waals surface area contributed by atoms with E-state index < -0.39 is 0 Å². The Kier molecular flexibility index (Phi) is 4.35. The lowest BCUT2D eigenvalue weighted by Crippen LogP contribution is -2.07. The Labute approximate surface area is 134 Å². The summed E-state index contributed by atoms with van der Waals surface area (Å²) < 4.78 is 1.13. The average molecular weight is 367 g/mol. The normalized spacial score (nSPS) is 11.0. The molecule has 3 aromatic rings. The van der Waals surface area contributed by atoms with Crippen molar-refractivity contribution < 1.29 is 0 Å². The summed E-state index contributed by atoms with van der Waals surface area (Å²) in [7, 11) is 0. The first kappa shape index (κ1) is 14.3. The number of thiophene rings is 1. The van der Waals surface area contributed by atoms with Gasteiger partial charge in [-0.1, -0.05) is 6.92 Å². The van der Waals surface area contributed by atoms with Crippen LogP contribution in [0.5, 0.6) is 0 Å². The standard InChI is InChI=1S/C13H15BrN6S/c1-2-5-15-13-18-11(9-7-17-20-12(9)19-13)16-6-8-3-4-10(14)21-8/h3-4,7H,2,5-6H2,1H3,(H3,15,16,17,18,19,20). The van der Waals surface area contributed by atoms with Crippen molar-refractivity contribution in [2.75, 3.05) is 17.2 Å². The Hall–Kier alpha value is -1.67. The van der Waals surface area contributed by atoms with Crippen LogP contribution < -0.4 is 10.6 Å². The van der Waals surface area contributed by atoms with Gasteiger partial charge in [0.25, 0.3) is 0 Å². The molecular weight excluding hydrogens is 352 g/mol. The molecule has 0 fully saturated rings. The van der Waals surface area contributed by atoms with E-state index >= 15 is 0 Å². The smallest absolute Gasteiger partial charge is 0.226 e. The van der Waals surface area contributed by atoms with Gasteiger partial charge < -0.3 is 10.6 Å². The van der Waals surface area contributed by atoms with Crippen molar-refractivity contribution >= 4 is 50.1 Å². The second kappa shape index (κ2) is 6.40. The van der Waals surface area contributed by atoms with E-state index in [9.17, 15) is 0 Å². The minimum atomic E-state index is 0.614. The highest BCUT2D eigenvalue weighted by molar-refractivity contribution is 9.11. The van der Waals surface area contributed by atoms with Gasteiger partial charge in [-0.15, -0.1) is 11.3 Å². The van der Waals surface area contributed by atoms with Gasteiger partial charge in [0.1, 0.15) is 5.82 Å². The number of fused-ring (bicyclic) bond motifs is 1. The highest BCUT2D eigenvalue weighted by Gasteiger charge is 2.09. The zero-order valence-electron chi connectivity index (χ0n) is 11.5. The summed E-state index contributed by atoms with van der Waals surface area (Å²) in [4.78, 5) is 10.2. The van der Waals surface area contributed by atoms with Crippen molar-refractivity contribution in [3.63, 3.8) is 0 Å². The van der Waals surface area contributed by atoms with Gasteiger partial charge in [0.2, 0.25) is 5.95 Å². The Balaban J connectivity index is 1.83. The first-order valence-electron chi connectivity index (χ1n) is 6.69. The lowest BCUT2D eigenvalue weighted by atomic mass is 10.3. The molecule has 0 saturated carbocycles. The summed E-state index contributed by atoms with van der Waals surface area (Å²) in [5.41, 5.74) is 0.735. The molecule has 3 aromatic heterocycles. The van der Waals surface area contributed by atoms with Crippen LogP contribution in [0.1, 0.15) is 18.2 Å². The molecule has 0 saturated heterocycles. The van der Waals surface area contributed by atoms with Gasteiger partial charge in [0.15, 0.2) is 5.65 Å². The average Bonchev–Trinajstić information content (AvgIpc) is 3.11. The molecule has 3 N–H and O–H groups in total. The van der Waals surface area contributed by atoms with Crippen LogP contribution in [0.2, 0.25) is 0 Å². The summed E-state index contributed by atoms with van der Waals surface area (Å²) in [6, 6.07) is 4.13. The van der Waals surface area contributed by atoms with Gasteiger partial charge in [-0.05, 0) is 34.5 Å². The fraction of sp³-hybridized carbons (Fsp3) is 0.308. The van der Waals surface area contributed by atoms with Crippen LogP contribution in [0.4, 0.5) is 11.8 Å². The minimum Gasteiger partial charge on any atom is -0.364 e. The Morgan fingerprint density at radius 2 is 2.19 bits per heavy atom. The number of rotatable bonds is 6. The van der Waals surface area contributed by atoms with Crippen LogP contribution in [-0.2, 0) is 6.54 Å². The fourth-order valence-corrected chi connectivity index (χ4v) is 3.33. The summed E-state index contributed by atoms with van der Waals surface area (Å²) in [6.45, 7) is 3.67. The third-order valence-electron chi connectivity index (χ3n) is 2.90. The molecule has 21 heavy (non-hydrogen) atoms. The lowest BCUT2D eigenvalue weighted by Gasteiger charge is -2.08. The summed E-state index contributed by atoms with van der Waals surface area (Å²) in [5.74, 6) is 1.40. The number of aromatic amines is 1. The molecule has 0 aliphatic carbocycles. The number of hydrogen-bond donors (Lipinski definition) is 3. The summed E-state index contributed by atoms with van der Waals surface area (Å²) in [5, 5.41) is 14.4. The number of anilines is 2. The molecule has 0 radical (unpaired) electrons. The molecule has 0 aliphatic rings. The number of nitrogens with zero attached hydrogens (tertiary/aromatic N) is 3. The molecule has 0 atom stereocenters. The molecule has 0 amide bonds. The maximum Gasteiger partial charge on any atom is 0.226 e. The molecule has 3 rings (SSSR count). The second-order valence-electron chi connectivity index (χ2n) is 4.51. The van der Waals surface area contributed by atoms with Gasteiger partial charge in [-0.3, -0.25) is 5.10 Å². The largest absolute Gasteiger partial charge is 0.364 e. The molecule has 6 nitrogen and oxygen atoms in total. The molecule has 0 spiro atoms. The van der Waals surface area contributed by atoms with E-state index in [0.29, 0.717) is 5.95 Å². The highest BCUT2D eigenvalue weighted by Crippen LogP contribution is 2.24. The first-order chi connectivity index (χ1) is 10.3. The fourth-order valence-electron chi connectivity index (χ4n) is 1.90.